The topological polar surface area (TPSA) is 67.4 Å². The van der Waals surface area contributed by atoms with Gasteiger partial charge in [0.25, 0.3) is 0 Å². The summed E-state index contributed by atoms with van der Waals surface area (Å²) >= 11 is 0. The van der Waals surface area contributed by atoms with E-state index in [1.165, 1.54) is 0 Å². The van der Waals surface area contributed by atoms with E-state index in [1.807, 2.05) is 35.6 Å². The van der Waals surface area contributed by atoms with Gasteiger partial charge < -0.3 is 10.1 Å². The van der Waals surface area contributed by atoms with Crippen molar-refractivity contribution < 1.29 is 14.3 Å². The number of amides is 3. The number of carbonyl (C=O) groups excluding carboxylic acids is 2. The summed E-state index contributed by atoms with van der Waals surface area (Å²) in [5.74, 6) is 1.30. The molecule has 0 spiro atoms. The molecule has 5 nitrogen and oxygen atoms in total. The van der Waals surface area contributed by atoms with Gasteiger partial charge in [-0.3, -0.25) is 10.1 Å². The summed E-state index contributed by atoms with van der Waals surface area (Å²) in [6.45, 7) is 0. The van der Waals surface area contributed by atoms with Crippen molar-refractivity contribution in [3.8, 4) is 11.5 Å². The average molecular weight is 256 g/mol. The highest BCUT2D eigenvalue weighted by molar-refractivity contribution is 5.95. The highest BCUT2D eigenvalue weighted by Crippen LogP contribution is 2.23. The molecule has 2 rings (SSSR count). The number of carbonyl (C=O) groups is 2. The normalized spacial score (nSPS) is 9.47. The van der Waals surface area contributed by atoms with Crippen molar-refractivity contribution >= 4 is 18.1 Å². The number of imide groups is 1. The number of hydrogen-bond donors (Lipinski definition) is 2. The Labute approximate surface area is 110 Å². The van der Waals surface area contributed by atoms with E-state index >= 15 is 0 Å². The minimum absolute atomic E-state index is 0.319. The molecule has 2 aromatic rings. The predicted octanol–water partition coefficient (Wildman–Crippen LogP) is 2.76. The minimum atomic E-state index is -0.591. The highest BCUT2D eigenvalue weighted by atomic mass is 16.5. The van der Waals surface area contributed by atoms with Crippen LogP contribution in [0.3, 0.4) is 0 Å². The van der Waals surface area contributed by atoms with E-state index in [0.29, 0.717) is 23.6 Å². The van der Waals surface area contributed by atoms with E-state index in [-0.39, 0.29) is 0 Å². The molecule has 0 heterocycles. The quantitative estimate of drug-likeness (QED) is 0.826. The molecule has 0 unspecified atom stereocenters. The van der Waals surface area contributed by atoms with Gasteiger partial charge in [0.2, 0.25) is 6.41 Å². The Morgan fingerprint density at radius 3 is 2.47 bits per heavy atom. The molecule has 0 aliphatic carbocycles. The molecule has 19 heavy (non-hydrogen) atoms. The van der Waals surface area contributed by atoms with E-state index in [9.17, 15) is 9.59 Å². The van der Waals surface area contributed by atoms with Crippen molar-refractivity contribution in [3.63, 3.8) is 0 Å². The van der Waals surface area contributed by atoms with Crippen LogP contribution >= 0.6 is 0 Å². The number of hydrogen-bond acceptors (Lipinski definition) is 3. The fourth-order valence-electron chi connectivity index (χ4n) is 1.48. The van der Waals surface area contributed by atoms with Crippen molar-refractivity contribution in [3.05, 3.63) is 54.6 Å². The van der Waals surface area contributed by atoms with E-state index in [1.54, 1.807) is 24.3 Å². The number of anilines is 1. The lowest BCUT2D eigenvalue weighted by atomic mass is 10.3. The van der Waals surface area contributed by atoms with Gasteiger partial charge in [-0.05, 0) is 24.3 Å². The zero-order valence-electron chi connectivity index (χ0n) is 10.00. The van der Waals surface area contributed by atoms with E-state index < -0.39 is 6.03 Å². The SMILES string of the molecule is O=CNC(=O)Nc1cccc(Oc2ccccc2)c1. The molecule has 0 aliphatic heterocycles. The van der Waals surface area contributed by atoms with Crippen LogP contribution in [-0.2, 0) is 4.79 Å². The number of rotatable bonds is 4. The lowest BCUT2D eigenvalue weighted by Crippen LogP contribution is -2.26. The summed E-state index contributed by atoms with van der Waals surface area (Å²) in [4.78, 5) is 21.3. The summed E-state index contributed by atoms with van der Waals surface area (Å²) in [6.07, 6.45) is 0.319. The Morgan fingerprint density at radius 1 is 1.00 bits per heavy atom. The van der Waals surface area contributed by atoms with Crippen LogP contribution in [-0.4, -0.2) is 12.4 Å². The number of urea groups is 1. The van der Waals surface area contributed by atoms with Crippen LogP contribution in [0.5, 0.6) is 11.5 Å². The van der Waals surface area contributed by atoms with Crippen LogP contribution in [0.25, 0.3) is 0 Å². The van der Waals surface area contributed by atoms with Gasteiger partial charge in [-0.15, -0.1) is 0 Å². The number of benzene rings is 2. The van der Waals surface area contributed by atoms with Gasteiger partial charge in [0.05, 0.1) is 0 Å². The number of ether oxygens (including phenoxy) is 1. The molecule has 2 N–H and O–H groups in total. The summed E-state index contributed by atoms with van der Waals surface area (Å²) < 4.78 is 5.62. The molecular formula is C14H12N2O3. The molecule has 0 fully saturated rings. The molecule has 5 heteroatoms. The van der Waals surface area contributed by atoms with Crippen LogP contribution < -0.4 is 15.4 Å². The predicted molar refractivity (Wildman–Crippen MR) is 71.2 cm³/mol. The Balaban J connectivity index is 2.07. The van der Waals surface area contributed by atoms with Crippen LogP contribution in [0.2, 0.25) is 0 Å². The van der Waals surface area contributed by atoms with Crippen molar-refractivity contribution in [2.24, 2.45) is 0 Å². The molecule has 2 aromatic carbocycles. The Bertz CT molecular complexity index is 570. The zero-order chi connectivity index (χ0) is 13.5. The number of nitrogens with one attached hydrogen (secondary N) is 2. The molecule has 96 valence electrons. The van der Waals surface area contributed by atoms with Crippen molar-refractivity contribution in [2.75, 3.05) is 5.32 Å². The van der Waals surface area contributed by atoms with E-state index in [0.717, 1.165) is 0 Å². The molecule has 0 saturated carbocycles. The smallest absolute Gasteiger partial charge is 0.325 e. The summed E-state index contributed by atoms with van der Waals surface area (Å²) in [5.41, 5.74) is 0.535. The van der Waals surface area contributed by atoms with Gasteiger partial charge in [0.1, 0.15) is 11.5 Å². The summed E-state index contributed by atoms with van der Waals surface area (Å²) in [5, 5.41) is 4.50. The third-order valence-corrected chi connectivity index (χ3v) is 2.26. The lowest BCUT2D eigenvalue weighted by molar-refractivity contribution is -0.108. The highest BCUT2D eigenvalue weighted by Gasteiger charge is 2.02. The van der Waals surface area contributed by atoms with Crippen LogP contribution in [0, 0.1) is 0 Å². The largest absolute Gasteiger partial charge is 0.457 e. The van der Waals surface area contributed by atoms with Crippen molar-refractivity contribution in [1.82, 2.24) is 5.32 Å². The lowest BCUT2D eigenvalue weighted by Gasteiger charge is -2.08. The maximum Gasteiger partial charge on any atom is 0.325 e. The standard InChI is InChI=1S/C14H12N2O3/c17-10-15-14(18)16-11-5-4-8-13(9-11)19-12-6-2-1-3-7-12/h1-10H,(H2,15,16,17,18). The molecular weight excluding hydrogens is 244 g/mol. The molecule has 0 aromatic heterocycles. The Kier molecular flexibility index (Phi) is 4.12. The minimum Gasteiger partial charge on any atom is -0.457 e. The van der Waals surface area contributed by atoms with Crippen LogP contribution in [0.4, 0.5) is 10.5 Å². The van der Waals surface area contributed by atoms with Gasteiger partial charge in [-0.25, -0.2) is 4.79 Å². The summed E-state index contributed by atoms with van der Waals surface area (Å²) in [7, 11) is 0. The first-order chi connectivity index (χ1) is 9.28. The summed E-state index contributed by atoms with van der Waals surface area (Å²) in [6, 6.07) is 15.6. The Hall–Kier alpha value is -2.82. The average Bonchev–Trinajstić information content (AvgIpc) is 2.40. The zero-order valence-corrected chi connectivity index (χ0v) is 10.00. The van der Waals surface area contributed by atoms with E-state index in [4.69, 9.17) is 4.74 Å². The van der Waals surface area contributed by atoms with Gasteiger partial charge in [-0.1, -0.05) is 24.3 Å². The number of para-hydroxylation sites is 1. The monoisotopic (exact) mass is 256 g/mol. The fourth-order valence-corrected chi connectivity index (χ4v) is 1.48. The third kappa shape index (κ3) is 3.85. The van der Waals surface area contributed by atoms with Crippen molar-refractivity contribution in [1.29, 1.82) is 0 Å². The first kappa shape index (κ1) is 12.6. The van der Waals surface area contributed by atoms with Crippen molar-refractivity contribution in [2.45, 2.75) is 0 Å². The second kappa shape index (κ2) is 6.20. The van der Waals surface area contributed by atoms with Gasteiger partial charge in [0, 0.05) is 11.8 Å². The Morgan fingerprint density at radius 2 is 1.74 bits per heavy atom. The maximum atomic E-state index is 11.2. The molecule has 0 bridgehead atoms. The van der Waals surface area contributed by atoms with Crippen LogP contribution in [0.1, 0.15) is 0 Å². The van der Waals surface area contributed by atoms with E-state index in [2.05, 4.69) is 5.32 Å². The van der Waals surface area contributed by atoms with Gasteiger partial charge in [-0.2, -0.15) is 0 Å². The first-order valence-corrected chi connectivity index (χ1v) is 5.62. The molecule has 0 aliphatic rings. The molecule has 0 saturated heterocycles. The molecule has 3 amide bonds. The van der Waals surface area contributed by atoms with Crippen LogP contribution in [0.15, 0.2) is 54.6 Å². The molecule has 0 radical (unpaired) electrons. The first-order valence-electron chi connectivity index (χ1n) is 5.62. The third-order valence-electron chi connectivity index (χ3n) is 2.26. The molecule has 0 atom stereocenters. The second-order valence-corrected chi connectivity index (χ2v) is 3.66. The van der Waals surface area contributed by atoms with Gasteiger partial charge in [0.15, 0.2) is 0 Å². The van der Waals surface area contributed by atoms with Gasteiger partial charge >= 0.3 is 6.03 Å². The maximum absolute atomic E-state index is 11.2. The fraction of sp³-hybridized carbons (Fsp3) is 0. The second-order valence-electron chi connectivity index (χ2n) is 3.66.